The zero-order valence-electron chi connectivity index (χ0n) is 15.2. The van der Waals surface area contributed by atoms with E-state index < -0.39 is 5.91 Å². The number of hydrogen-bond acceptors (Lipinski definition) is 5. The Balaban J connectivity index is 1.87. The van der Waals surface area contributed by atoms with Crippen molar-refractivity contribution in [1.82, 2.24) is 4.98 Å². The van der Waals surface area contributed by atoms with Crippen LogP contribution in [-0.2, 0) is 4.79 Å². The highest BCUT2D eigenvalue weighted by Crippen LogP contribution is 2.29. The third-order valence-electron chi connectivity index (χ3n) is 3.80. The van der Waals surface area contributed by atoms with Crippen LogP contribution in [0.3, 0.4) is 0 Å². The molecule has 0 saturated carbocycles. The fraction of sp³-hybridized carbons (Fsp3) is 0.150. The van der Waals surface area contributed by atoms with E-state index >= 15 is 0 Å². The zero-order chi connectivity index (χ0) is 19.4. The molecule has 0 bridgehead atoms. The van der Waals surface area contributed by atoms with E-state index in [4.69, 9.17) is 9.15 Å². The summed E-state index contributed by atoms with van der Waals surface area (Å²) in [6.45, 7) is 3.09. The van der Waals surface area contributed by atoms with Gasteiger partial charge in [-0.05, 0) is 37.3 Å². The van der Waals surface area contributed by atoms with Gasteiger partial charge in [-0.3, -0.25) is 9.59 Å². The second-order valence-electron chi connectivity index (χ2n) is 5.84. The molecule has 0 aliphatic carbocycles. The number of amides is 2. The minimum Gasteiger partial charge on any atom is -0.495 e. The Morgan fingerprint density at radius 1 is 1.07 bits per heavy atom. The van der Waals surface area contributed by atoms with Gasteiger partial charge in [-0.2, -0.15) is 0 Å². The Bertz CT molecular complexity index is 980. The van der Waals surface area contributed by atoms with Gasteiger partial charge in [0, 0.05) is 18.2 Å². The quantitative estimate of drug-likeness (QED) is 0.716. The minimum atomic E-state index is -0.434. The van der Waals surface area contributed by atoms with Gasteiger partial charge in [0.1, 0.15) is 11.5 Å². The van der Waals surface area contributed by atoms with E-state index in [0.717, 1.165) is 5.56 Å². The van der Waals surface area contributed by atoms with E-state index in [1.807, 2.05) is 30.3 Å². The normalized spacial score (nSPS) is 10.3. The van der Waals surface area contributed by atoms with Crippen molar-refractivity contribution in [3.05, 3.63) is 60.0 Å². The summed E-state index contributed by atoms with van der Waals surface area (Å²) >= 11 is 0. The van der Waals surface area contributed by atoms with Gasteiger partial charge in [-0.25, -0.2) is 4.98 Å². The molecule has 7 nitrogen and oxygen atoms in total. The van der Waals surface area contributed by atoms with Crippen LogP contribution in [0, 0.1) is 6.92 Å². The first kappa shape index (κ1) is 18.2. The Labute approximate surface area is 156 Å². The van der Waals surface area contributed by atoms with Gasteiger partial charge in [-0.15, -0.1) is 0 Å². The minimum absolute atomic E-state index is 0.181. The molecule has 2 aromatic carbocycles. The van der Waals surface area contributed by atoms with Crippen molar-refractivity contribution in [1.29, 1.82) is 0 Å². The van der Waals surface area contributed by atoms with E-state index in [2.05, 4.69) is 15.6 Å². The van der Waals surface area contributed by atoms with Crippen LogP contribution in [0.5, 0.6) is 5.75 Å². The molecule has 0 fully saturated rings. The van der Waals surface area contributed by atoms with Gasteiger partial charge < -0.3 is 19.8 Å². The van der Waals surface area contributed by atoms with Crippen LogP contribution in [0.1, 0.15) is 23.2 Å². The van der Waals surface area contributed by atoms with E-state index in [0.29, 0.717) is 28.8 Å². The Kier molecular flexibility index (Phi) is 5.21. The first-order chi connectivity index (χ1) is 13.0. The SMILES string of the molecule is COc1ccc(NC(C)=O)cc1NC(=O)c1nc(-c2ccccc2)oc1C. The summed E-state index contributed by atoms with van der Waals surface area (Å²) in [5, 5.41) is 5.43. The number of nitrogens with one attached hydrogen (secondary N) is 2. The highest BCUT2D eigenvalue weighted by atomic mass is 16.5. The first-order valence-electron chi connectivity index (χ1n) is 8.27. The molecule has 1 aromatic heterocycles. The second kappa shape index (κ2) is 7.74. The summed E-state index contributed by atoms with van der Waals surface area (Å²) in [6, 6.07) is 14.3. The van der Waals surface area contributed by atoms with Crippen LogP contribution >= 0.6 is 0 Å². The number of carbonyl (C=O) groups excluding carboxylic acids is 2. The molecule has 0 unspecified atom stereocenters. The van der Waals surface area contributed by atoms with Crippen molar-refractivity contribution in [2.45, 2.75) is 13.8 Å². The summed E-state index contributed by atoms with van der Waals surface area (Å²) in [5.41, 5.74) is 1.92. The van der Waals surface area contributed by atoms with Crippen molar-refractivity contribution in [2.75, 3.05) is 17.7 Å². The Morgan fingerprint density at radius 2 is 1.81 bits per heavy atom. The molecule has 3 rings (SSSR count). The average molecular weight is 365 g/mol. The lowest BCUT2D eigenvalue weighted by molar-refractivity contribution is -0.114. The van der Waals surface area contributed by atoms with E-state index in [1.165, 1.54) is 14.0 Å². The molecule has 0 atom stereocenters. The number of carbonyl (C=O) groups is 2. The largest absolute Gasteiger partial charge is 0.495 e. The maximum atomic E-state index is 12.7. The van der Waals surface area contributed by atoms with Gasteiger partial charge in [0.2, 0.25) is 11.8 Å². The van der Waals surface area contributed by atoms with Gasteiger partial charge in [-0.1, -0.05) is 18.2 Å². The molecular weight excluding hydrogens is 346 g/mol. The van der Waals surface area contributed by atoms with Crippen molar-refractivity contribution in [3.63, 3.8) is 0 Å². The first-order valence-corrected chi connectivity index (χ1v) is 8.27. The highest BCUT2D eigenvalue weighted by molar-refractivity contribution is 6.05. The number of anilines is 2. The molecule has 0 spiro atoms. The van der Waals surface area contributed by atoms with Crippen LogP contribution < -0.4 is 15.4 Å². The monoisotopic (exact) mass is 365 g/mol. The molecule has 0 saturated heterocycles. The fourth-order valence-electron chi connectivity index (χ4n) is 2.58. The summed E-state index contributed by atoms with van der Waals surface area (Å²) in [4.78, 5) is 28.3. The number of hydrogen-bond donors (Lipinski definition) is 2. The third kappa shape index (κ3) is 4.14. The highest BCUT2D eigenvalue weighted by Gasteiger charge is 2.19. The van der Waals surface area contributed by atoms with Crippen LogP contribution in [0.15, 0.2) is 52.9 Å². The smallest absolute Gasteiger partial charge is 0.278 e. The van der Waals surface area contributed by atoms with E-state index in [1.54, 1.807) is 25.1 Å². The molecule has 0 aliphatic heterocycles. The van der Waals surface area contributed by atoms with Crippen LogP contribution in [0.4, 0.5) is 11.4 Å². The Hall–Kier alpha value is -3.61. The van der Waals surface area contributed by atoms with E-state index in [-0.39, 0.29) is 11.6 Å². The van der Waals surface area contributed by atoms with Crippen molar-refractivity contribution < 1.29 is 18.7 Å². The van der Waals surface area contributed by atoms with Crippen LogP contribution in [-0.4, -0.2) is 23.9 Å². The van der Waals surface area contributed by atoms with Crippen LogP contribution in [0.2, 0.25) is 0 Å². The number of rotatable bonds is 5. The number of benzene rings is 2. The fourth-order valence-corrected chi connectivity index (χ4v) is 2.58. The summed E-state index contributed by atoms with van der Waals surface area (Å²) in [5.74, 6) is 0.594. The van der Waals surface area contributed by atoms with Gasteiger partial charge >= 0.3 is 0 Å². The summed E-state index contributed by atoms with van der Waals surface area (Å²) < 4.78 is 10.9. The number of oxazole rings is 1. The zero-order valence-corrected chi connectivity index (χ0v) is 15.2. The molecule has 7 heteroatoms. The van der Waals surface area contributed by atoms with Gasteiger partial charge in [0.15, 0.2) is 5.69 Å². The van der Waals surface area contributed by atoms with Crippen molar-refractivity contribution in [3.8, 4) is 17.2 Å². The molecule has 138 valence electrons. The molecular formula is C20H19N3O4. The van der Waals surface area contributed by atoms with Crippen molar-refractivity contribution >= 4 is 23.2 Å². The molecule has 3 aromatic rings. The summed E-state index contributed by atoms with van der Waals surface area (Å²) in [6.07, 6.45) is 0. The van der Waals surface area contributed by atoms with Gasteiger partial charge in [0.05, 0.1) is 12.8 Å². The predicted octanol–water partition coefficient (Wildman–Crippen LogP) is 3.87. The Morgan fingerprint density at radius 3 is 2.48 bits per heavy atom. The number of aryl methyl sites for hydroxylation is 1. The molecule has 1 heterocycles. The molecule has 0 radical (unpaired) electrons. The molecule has 2 amide bonds. The number of aromatic nitrogens is 1. The lowest BCUT2D eigenvalue weighted by Gasteiger charge is -2.11. The maximum Gasteiger partial charge on any atom is 0.278 e. The topological polar surface area (TPSA) is 93.5 Å². The second-order valence-corrected chi connectivity index (χ2v) is 5.84. The average Bonchev–Trinajstić information content (AvgIpc) is 3.04. The summed E-state index contributed by atoms with van der Waals surface area (Å²) in [7, 11) is 1.50. The lowest BCUT2D eigenvalue weighted by Crippen LogP contribution is -2.15. The van der Waals surface area contributed by atoms with Crippen molar-refractivity contribution in [2.24, 2.45) is 0 Å². The molecule has 0 aliphatic rings. The number of nitrogens with zero attached hydrogens (tertiary/aromatic N) is 1. The molecule has 2 N–H and O–H groups in total. The van der Waals surface area contributed by atoms with Crippen LogP contribution in [0.25, 0.3) is 11.5 Å². The lowest BCUT2D eigenvalue weighted by atomic mass is 10.2. The number of ether oxygens (including phenoxy) is 1. The molecule has 27 heavy (non-hydrogen) atoms. The number of methoxy groups -OCH3 is 1. The predicted molar refractivity (Wildman–Crippen MR) is 102 cm³/mol. The van der Waals surface area contributed by atoms with E-state index in [9.17, 15) is 9.59 Å². The standard InChI is InChI=1S/C20H19N3O4/c1-12-18(23-20(27-12)14-7-5-4-6-8-14)19(25)22-16-11-15(21-13(2)24)9-10-17(16)26-3/h4-11H,1-3H3,(H,21,24)(H,22,25). The van der Waals surface area contributed by atoms with Gasteiger partial charge in [0.25, 0.3) is 5.91 Å². The maximum absolute atomic E-state index is 12.7. The third-order valence-corrected chi connectivity index (χ3v) is 3.80.